The number of carbonyl (C=O) groups is 1. The van der Waals surface area contributed by atoms with E-state index in [4.69, 9.17) is 0 Å². The Kier molecular flexibility index (Phi) is 4.30. The second kappa shape index (κ2) is 5.99. The number of hydrogen-bond acceptors (Lipinski definition) is 2. The first-order chi connectivity index (χ1) is 9.86. The Bertz CT molecular complexity index is 617. The predicted molar refractivity (Wildman–Crippen MR) is 70.7 cm³/mol. The van der Waals surface area contributed by atoms with Crippen LogP contribution < -0.4 is 5.32 Å². The van der Waals surface area contributed by atoms with Gasteiger partial charge >= 0.3 is 6.18 Å². The molecule has 0 saturated heterocycles. The lowest BCUT2D eigenvalue weighted by Gasteiger charge is -2.06. The van der Waals surface area contributed by atoms with Gasteiger partial charge in [-0.15, -0.1) is 0 Å². The van der Waals surface area contributed by atoms with Crippen LogP contribution >= 0.6 is 0 Å². The van der Waals surface area contributed by atoms with E-state index in [1.54, 1.807) is 12.1 Å². The highest BCUT2D eigenvalue weighted by molar-refractivity contribution is 5.94. The Morgan fingerprint density at radius 2 is 1.90 bits per heavy atom. The molecule has 4 nitrogen and oxygen atoms in total. The minimum Gasteiger partial charge on any atom is -0.350 e. The lowest BCUT2D eigenvalue weighted by Crippen LogP contribution is -2.27. The third-order valence-electron chi connectivity index (χ3n) is 2.87. The van der Waals surface area contributed by atoms with E-state index in [9.17, 15) is 18.0 Å². The van der Waals surface area contributed by atoms with Gasteiger partial charge in [0.25, 0.3) is 5.91 Å². The monoisotopic (exact) mass is 297 g/mol. The fraction of sp³-hybridized carbons (Fsp3) is 0.286. The van der Waals surface area contributed by atoms with Gasteiger partial charge in [0.15, 0.2) is 5.69 Å². The molecule has 0 bridgehead atoms. The number of nitrogens with one attached hydrogen (secondary N) is 1. The van der Waals surface area contributed by atoms with E-state index in [2.05, 4.69) is 10.4 Å². The lowest BCUT2D eigenvalue weighted by atomic mass is 10.1. The number of amides is 1. The van der Waals surface area contributed by atoms with Gasteiger partial charge in [-0.05, 0) is 25.1 Å². The Labute approximate surface area is 119 Å². The first-order valence-electron chi connectivity index (χ1n) is 6.32. The summed E-state index contributed by atoms with van der Waals surface area (Å²) in [6, 6.07) is 7.93. The van der Waals surface area contributed by atoms with E-state index >= 15 is 0 Å². The van der Waals surface area contributed by atoms with Crippen molar-refractivity contribution in [2.45, 2.75) is 19.6 Å². The second-order valence-electron chi connectivity index (χ2n) is 4.58. The third-order valence-corrected chi connectivity index (χ3v) is 2.87. The smallest absolute Gasteiger partial charge is 0.350 e. The van der Waals surface area contributed by atoms with Gasteiger partial charge < -0.3 is 5.32 Å². The number of aryl methyl sites for hydroxylation is 1. The van der Waals surface area contributed by atoms with Gasteiger partial charge in [0.05, 0.1) is 6.54 Å². The minimum atomic E-state index is -4.45. The van der Waals surface area contributed by atoms with E-state index in [0.29, 0.717) is 5.56 Å². The predicted octanol–water partition coefficient (Wildman–Crippen LogP) is 2.64. The summed E-state index contributed by atoms with van der Waals surface area (Å²) in [4.78, 5) is 11.8. The van der Waals surface area contributed by atoms with Crippen LogP contribution in [-0.4, -0.2) is 22.2 Å². The molecular formula is C14H14F3N3O. The summed E-state index contributed by atoms with van der Waals surface area (Å²) in [5.74, 6) is -0.266. The quantitative estimate of drug-likeness (QED) is 0.943. The van der Waals surface area contributed by atoms with Crippen LogP contribution in [0.2, 0.25) is 0 Å². The summed E-state index contributed by atoms with van der Waals surface area (Å²) >= 11 is 0. The Balaban J connectivity index is 1.85. The van der Waals surface area contributed by atoms with Crippen LogP contribution in [0.15, 0.2) is 36.5 Å². The number of carbonyl (C=O) groups excluding carboxylic acids is 1. The molecule has 0 fully saturated rings. The van der Waals surface area contributed by atoms with Crippen LogP contribution in [0.5, 0.6) is 0 Å². The van der Waals surface area contributed by atoms with Crippen molar-refractivity contribution >= 4 is 5.91 Å². The summed E-state index contributed by atoms with van der Waals surface area (Å²) in [7, 11) is 0. The summed E-state index contributed by atoms with van der Waals surface area (Å²) in [5, 5.41) is 6.04. The fourth-order valence-corrected chi connectivity index (χ4v) is 1.73. The van der Waals surface area contributed by atoms with Crippen molar-refractivity contribution in [2.24, 2.45) is 0 Å². The van der Waals surface area contributed by atoms with Crippen LogP contribution in [0.3, 0.4) is 0 Å². The minimum absolute atomic E-state index is 0.174. The maximum atomic E-state index is 12.4. The first kappa shape index (κ1) is 15.1. The zero-order valence-electron chi connectivity index (χ0n) is 11.3. The van der Waals surface area contributed by atoms with Crippen molar-refractivity contribution in [3.8, 4) is 0 Å². The number of halogens is 3. The van der Waals surface area contributed by atoms with Gasteiger partial charge in [0.1, 0.15) is 0 Å². The highest BCUT2D eigenvalue weighted by Gasteiger charge is 2.33. The van der Waals surface area contributed by atoms with Gasteiger partial charge in [-0.2, -0.15) is 18.3 Å². The maximum absolute atomic E-state index is 12.4. The van der Waals surface area contributed by atoms with E-state index in [1.165, 1.54) is 6.20 Å². The number of alkyl halides is 3. The van der Waals surface area contributed by atoms with Crippen LogP contribution in [0, 0.1) is 6.92 Å². The van der Waals surface area contributed by atoms with Crippen molar-refractivity contribution in [3.63, 3.8) is 0 Å². The highest BCUT2D eigenvalue weighted by Crippen LogP contribution is 2.27. The summed E-state index contributed by atoms with van der Waals surface area (Å²) in [6.07, 6.45) is -3.21. The van der Waals surface area contributed by atoms with E-state index in [1.807, 2.05) is 19.1 Å². The van der Waals surface area contributed by atoms with Crippen molar-refractivity contribution in [3.05, 3.63) is 53.3 Å². The SMILES string of the molecule is Cc1ccc(C(=O)NCCn2ccc(C(F)(F)F)n2)cc1. The third kappa shape index (κ3) is 4.08. The number of rotatable bonds is 4. The number of nitrogens with zero attached hydrogens (tertiary/aromatic N) is 2. The van der Waals surface area contributed by atoms with Gasteiger partial charge in [-0.3, -0.25) is 9.48 Å². The average Bonchev–Trinajstić information content (AvgIpc) is 2.88. The molecule has 0 unspecified atom stereocenters. The molecule has 1 amide bonds. The van der Waals surface area contributed by atoms with Gasteiger partial charge in [0.2, 0.25) is 0 Å². The molecule has 0 saturated carbocycles. The van der Waals surface area contributed by atoms with Crippen molar-refractivity contribution in [1.82, 2.24) is 15.1 Å². The molecule has 1 heterocycles. The van der Waals surface area contributed by atoms with Gasteiger partial charge in [-0.1, -0.05) is 17.7 Å². The highest BCUT2D eigenvalue weighted by atomic mass is 19.4. The maximum Gasteiger partial charge on any atom is 0.435 e. The molecule has 2 aromatic rings. The van der Waals surface area contributed by atoms with Crippen molar-refractivity contribution < 1.29 is 18.0 Å². The van der Waals surface area contributed by atoms with Gasteiger partial charge in [0, 0.05) is 18.3 Å². The normalized spacial score (nSPS) is 11.4. The van der Waals surface area contributed by atoms with Crippen LogP contribution in [0.25, 0.3) is 0 Å². The zero-order chi connectivity index (χ0) is 15.5. The average molecular weight is 297 g/mol. The number of hydrogen-bond donors (Lipinski definition) is 1. The largest absolute Gasteiger partial charge is 0.435 e. The molecule has 112 valence electrons. The Morgan fingerprint density at radius 1 is 1.24 bits per heavy atom. The van der Waals surface area contributed by atoms with Crippen molar-refractivity contribution in [2.75, 3.05) is 6.54 Å². The molecule has 1 N–H and O–H groups in total. The Morgan fingerprint density at radius 3 is 2.48 bits per heavy atom. The molecule has 1 aromatic carbocycles. The molecule has 2 rings (SSSR count). The molecule has 0 aliphatic heterocycles. The van der Waals surface area contributed by atoms with Gasteiger partial charge in [-0.25, -0.2) is 0 Å². The molecule has 1 aromatic heterocycles. The molecular weight excluding hydrogens is 283 g/mol. The first-order valence-corrected chi connectivity index (χ1v) is 6.32. The summed E-state index contributed by atoms with van der Waals surface area (Å²) in [6.45, 7) is 2.29. The van der Waals surface area contributed by atoms with E-state index < -0.39 is 11.9 Å². The topological polar surface area (TPSA) is 46.9 Å². The van der Waals surface area contributed by atoms with Crippen LogP contribution in [0.4, 0.5) is 13.2 Å². The van der Waals surface area contributed by atoms with E-state index in [-0.39, 0.29) is 19.0 Å². The second-order valence-corrected chi connectivity index (χ2v) is 4.58. The molecule has 21 heavy (non-hydrogen) atoms. The molecule has 0 spiro atoms. The summed E-state index contributed by atoms with van der Waals surface area (Å²) < 4.78 is 38.2. The van der Waals surface area contributed by atoms with Crippen LogP contribution in [-0.2, 0) is 12.7 Å². The molecule has 0 aliphatic carbocycles. The van der Waals surface area contributed by atoms with E-state index in [0.717, 1.165) is 16.3 Å². The number of aromatic nitrogens is 2. The fourth-order valence-electron chi connectivity index (χ4n) is 1.73. The summed E-state index contributed by atoms with van der Waals surface area (Å²) in [5.41, 5.74) is 0.618. The Hall–Kier alpha value is -2.31. The molecule has 7 heteroatoms. The lowest BCUT2D eigenvalue weighted by molar-refractivity contribution is -0.141. The molecule has 0 atom stereocenters. The zero-order valence-corrected chi connectivity index (χ0v) is 11.3. The van der Waals surface area contributed by atoms with Crippen molar-refractivity contribution in [1.29, 1.82) is 0 Å². The standard InChI is InChI=1S/C14H14F3N3O/c1-10-2-4-11(5-3-10)13(21)18-7-9-20-8-6-12(19-20)14(15,16)17/h2-6,8H,7,9H2,1H3,(H,18,21). The number of benzene rings is 1. The van der Waals surface area contributed by atoms with Crippen LogP contribution in [0.1, 0.15) is 21.6 Å². The molecule has 0 radical (unpaired) electrons. The molecule has 0 aliphatic rings.